The highest BCUT2D eigenvalue weighted by atomic mass is 35.5. The maximum absolute atomic E-state index is 12.8. The van der Waals surface area contributed by atoms with E-state index < -0.39 is 5.91 Å². The summed E-state index contributed by atoms with van der Waals surface area (Å²) in [5.41, 5.74) is 37.4. The quantitative estimate of drug-likeness (QED) is 0.0660. The first kappa shape index (κ1) is 72.6. The summed E-state index contributed by atoms with van der Waals surface area (Å²) < 4.78 is 27.0. The van der Waals surface area contributed by atoms with E-state index in [0.717, 1.165) is 104 Å². The Bertz CT molecular complexity index is 4910. The van der Waals surface area contributed by atoms with Gasteiger partial charge in [-0.1, -0.05) is 53.0 Å². The molecule has 3 aliphatic heterocycles. The largest absolute Gasteiger partial charge is 0.494 e. The number of anilines is 4. The standard InChI is InChI=1S/C28H31ClN6O2.C28H32N6O2.C22H21Cl2N5O/c1-5-36-21-6-7-25(29)24(12-21)18(3)35-16-22(13-32-35)37-28-27(30)31-14-26(33-28)19-10-17(2)23-8-9-34(4)15-20(23)11-19;1-5-35-23-8-6-7-20(13-23)19(3)34-17-24(14-31-34)36-28-27(29)30-15-26(32-28)21-11-18(2)25-9-10-33(4)16-22(25)12-21;1-12-8-13(9-14-11-29(2)7-6-15(12)14)18-10-26-21(25)20(27-18)22(30)28-19-16(23)4-3-5-17(19)24/h6-7,10-14,16,18H,5,8-9,15H2,1-4H3,(H2,30,31);6-8,11-15,17,19H,5,9-10,16H2,1-4H3,(H2,29,30);3-5,8-10H,6-7,11H2,1-2H3,(H2,25,26)(H,28,30). The smallest absolute Gasteiger partial charge is 0.278 e. The summed E-state index contributed by atoms with van der Waals surface area (Å²) in [5, 5.41) is 13.0. The van der Waals surface area contributed by atoms with Crippen LogP contribution in [0.2, 0.25) is 15.1 Å². The minimum Gasteiger partial charge on any atom is -0.494 e. The number of benzene rings is 6. The third kappa shape index (κ3) is 17.0. The number of carbonyl (C=O) groups is 1. The lowest BCUT2D eigenvalue weighted by molar-refractivity contribution is 0.102. The van der Waals surface area contributed by atoms with Crippen molar-refractivity contribution in [2.24, 2.45) is 0 Å². The number of nitrogens with one attached hydrogen (secondary N) is 1. The number of amides is 1. The van der Waals surface area contributed by atoms with Crippen LogP contribution in [0.5, 0.6) is 34.8 Å². The fourth-order valence-electron chi connectivity index (χ4n) is 13.1. The first-order chi connectivity index (χ1) is 49.6. The maximum atomic E-state index is 12.8. The van der Waals surface area contributed by atoms with Crippen molar-refractivity contribution in [2.45, 2.75) is 99.4 Å². The van der Waals surface area contributed by atoms with E-state index in [0.29, 0.717) is 56.9 Å². The number of rotatable bonds is 17. The molecule has 2 unspecified atom stereocenters. The summed E-state index contributed by atoms with van der Waals surface area (Å²) in [6.07, 6.45) is 15.0. The SMILES string of the molecule is CCOc1ccc(Cl)c(C(C)n2cc(Oc3nc(-c4cc(C)c5c(c4)CN(C)CC5)cnc3N)cn2)c1.CCOc1cccc(C(C)n2cc(Oc3nc(-c4cc(C)c5c(c4)CN(C)CC5)cnc3N)cn2)c1.Cc1cc(-c2cnc(N)c(C(=O)Nc3c(Cl)cccc3Cl)n2)cc2c1CCN(C)C2. The summed E-state index contributed by atoms with van der Waals surface area (Å²) in [6.45, 7) is 21.6. The molecule has 6 aromatic carbocycles. The Balaban J connectivity index is 0.000000146. The normalized spacial score (nSPS) is 14.1. The molecule has 532 valence electrons. The van der Waals surface area contributed by atoms with Gasteiger partial charge in [-0.05, 0) is 229 Å². The van der Waals surface area contributed by atoms with Crippen LogP contribution in [0.15, 0.2) is 140 Å². The zero-order chi connectivity index (χ0) is 72.8. The number of nitrogens with zero attached hydrogens (tertiary/aromatic N) is 13. The Hall–Kier alpha value is -10.2. The molecule has 25 heteroatoms. The lowest BCUT2D eigenvalue weighted by atomic mass is 9.92. The Morgan fingerprint density at radius 3 is 1.43 bits per heavy atom. The summed E-state index contributed by atoms with van der Waals surface area (Å²) in [7, 11) is 6.40. The molecule has 0 saturated heterocycles. The van der Waals surface area contributed by atoms with E-state index >= 15 is 0 Å². The third-order valence-electron chi connectivity index (χ3n) is 18.6. The van der Waals surface area contributed by atoms with Crippen LogP contribution in [0, 0.1) is 20.8 Å². The molecule has 1 amide bonds. The van der Waals surface area contributed by atoms with Crippen molar-refractivity contribution in [3.8, 4) is 68.5 Å². The molecule has 0 bridgehead atoms. The highest BCUT2D eigenvalue weighted by molar-refractivity contribution is 6.40. The fraction of sp³-hybridized carbons (Fsp3) is 0.295. The van der Waals surface area contributed by atoms with Crippen molar-refractivity contribution in [1.82, 2.24) is 64.2 Å². The van der Waals surface area contributed by atoms with Gasteiger partial charge >= 0.3 is 0 Å². The monoisotopic (exact) mass is 1440 g/mol. The van der Waals surface area contributed by atoms with Crippen molar-refractivity contribution in [2.75, 3.05) is 76.5 Å². The molecule has 0 radical (unpaired) electrons. The van der Waals surface area contributed by atoms with Gasteiger partial charge in [0.15, 0.2) is 34.6 Å². The van der Waals surface area contributed by atoms with Crippen LogP contribution in [0.3, 0.4) is 0 Å². The van der Waals surface area contributed by atoms with Crippen molar-refractivity contribution >= 4 is 63.9 Å². The molecule has 103 heavy (non-hydrogen) atoms. The van der Waals surface area contributed by atoms with Gasteiger partial charge in [0.25, 0.3) is 17.7 Å². The van der Waals surface area contributed by atoms with Gasteiger partial charge in [0, 0.05) is 61.0 Å². The number of fused-ring (bicyclic) bond motifs is 3. The molecule has 0 spiro atoms. The van der Waals surface area contributed by atoms with Crippen molar-refractivity contribution < 1.29 is 23.7 Å². The van der Waals surface area contributed by atoms with E-state index in [-0.39, 0.29) is 47.0 Å². The number of halogens is 3. The molecule has 3 aliphatic rings. The number of para-hydroxylation sites is 1. The van der Waals surface area contributed by atoms with Crippen LogP contribution in [-0.2, 0) is 38.9 Å². The molecule has 8 heterocycles. The predicted molar refractivity (Wildman–Crippen MR) is 407 cm³/mol. The molecule has 22 nitrogen and oxygen atoms in total. The summed E-state index contributed by atoms with van der Waals surface area (Å²) in [6, 6.07) is 31.4. The second kappa shape index (κ2) is 32.0. The van der Waals surface area contributed by atoms with Gasteiger partial charge < -0.3 is 56.2 Å². The van der Waals surface area contributed by atoms with Crippen LogP contribution in [0.25, 0.3) is 33.8 Å². The highest BCUT2D eigenvalue weighted by Crippen LogP contribution is 2.38. The Morgan fingerprint density at radius 2 is 0.951 bits per heavy atom. The molecule has 2 atom stereocenters. The van der Waals surface area contributed by atoms with Gasteiger partial charge in [0.05, 0.1) is 101 Å². The molecule has 11 aromatic rings. The van der Waals surface area contributed by atoms with E-state index in [2.05, 4.69) is 141 Å². The van der Waals surface area contributed by atoms with Crippen LogP contribution in [0.1, 0.15) is 111 Å². The minimum atomic E-state index is -0.522. The number of likely N-dealkylation sites (N-methyl/N-ethyl adjacent to an activating group) is 3. The first-order valence-electron chi connectivity index (χ1n) is 34.2. The molecular formula is C78H84Cl3N17O5. The third-order valence-corrected chi connectivity index (χ3v) is 19.6. The van der Waals surface area contributed by atoms with Crippen molar-refractivity contribution in [3.63, 3.8) is 0 Å². The number of aryl methyl sites for hydroxylation is 3. The van der Waals surface area contributed by atoms with Crippen LogP contribution in [-0.4, -0.2) is 124 Å². The Labute approximate surface area is 615 Å². The molecule has 0 fully saturated rings. The van der Waals surface area contributed by atoms with Crippen molar-refractivity contribution in [3.05, 3.63) is 222 Å². The average Bonchev–Trinajstić information content (AvgIpc) is 1.14. The predicted octanol–water partition coefficient (Wildman–Crippen LogP) is 15.3. The van der Waals surface area contributed by atoms with Gasteiger partial charge in [-0.25, -0.2) is 29.9 Å². The number of ether oxygens (including phenoxy) is 4. The summed E-state index contributed by atoms with van der Waals surface area (Å²) in [4.78, 5) is 46.6. The number of carbonyl (C=O) groups excluding carboxylic acids is 1. The molecule has 0 saturated carbocycles. The second-order valence-electron chi connectivity index (χ2n) is 26.2. The molecule has 14 rings (SSSR count). The van der Waals surface area contributed by atoms with Crippen LogP contribution < -0.4 is 41.5 Å². The Kier molecular flexibility index (Phi) is 22.5. The zero-order valence-corrected chi connectivity index (χ0v) is 61.7. The van der Waals surface area contributed by atoms with E-state index in [1.165, 1.54) is 50.1 Å². The van der Waals surface area contributed by atoms with Gasteiger partial charge in [-0.2, -0.15) is 10.2 Å². The van der Waals surface area contributed by atoms with Gasteiger partial charge in [-0.15, -0.1) is 0 Å². The topological polar surface area (TPSA) is 267 Å². The highest BCUT2D eigenvalue weighted by Gasteiger charge is 2.25. The number of hydrogen-bond acceptors (Lipinski definition) is 19. The lowest BCUT2D eigenvalue weighted by Crippen LogP contribution is -2.27. The van der Waals surface area contributed by atoms with E-state index in [1.807, 2.05) is 68.0 Å². The Morgan fingerprint density at radius 1 is 0.515 bits per heavy atom. The maximum Gasteiger partial charge on any atom is 0.278 e. The minimum absolute atomic E-state index is 0.00544. The van der Waals surface area contributed by atoms with Crippen LogP contribution >= 0.6 is 34.8 Å². The summed E-state index contributed by atoms with van der Waals surface area (Å²) in [5.74, 6) is 3.13. The number of hydrogen-bond donors (Lipinski definition) is 4. The number of nitrogens with two attached hydrogens (primary N) is 3. The molecule has 5 aromatic heterocycles. The molecule has 0 aliphatic carbocycles. The number of aromatic nitrogens is 10. The van der Waals surface area contributed by atoms with Crippen LogP contribution in [0.4, 0.5) is 23.1 Å². The van der Waals surface area contributed by atoms with Crippen molar-refractivity contribution in [1.29, 1.82) is 0 Å². The summed E-state index contributed by atoms with van der Waals surface area (Å²) >= 11 is 18.8. The fourth-order valence-corrected chi connectivity index (χ4v) is 13.9. The van der Waals surface area contributed by atoms with E-state index in [1.54, 1.807) is 60.1 Å². The van der Waals surface area contributed by atoms with Gasteiger partial charge in [0.2, 0.25) is 0 Å². The molecular weight excluding hydrogens is 1360 g/mol. The zero-order valence-electron chi connectivity index (χ0n) is 59.4. The van der Waals surface area contributed by atoms with Gasteiger partial charge in [0.1, 0.15) is 11.5 Å². The number of nitrogen functional groups attached to an aromatic ring is 3. The van der Waals surface area contributed by atoms with Gasteiger partial charge in [-0.3, -0.25) is 14.2 Å². The first-order valence-corrected chi connectivity index (χ1v) is 35.4. The van der Waals surface area contributed by atoms with E-state index in [4.69, 9.17) is 80.9 Å². The lowest BCUT2D eigenvalue weighted by Gasteiger charge is -2.27. The second-order valence-corrected chi connectivity index (χ2v) is 27.4. The molecule has 7 N–H and O–H groups in total. The van der Waals surface area contributed by atoms with E-state index in [9.17, 15) is 4.79 Å². The average molecular weight is 1450 g/mol.